The molecule has 0 aliphatic heterocycles. The fourth-order valence-corrected chi connectivity index (χ4v) is 4.38. The van der Waals surface area contributed by atoms with Crippen LogP contribution in [-0.4, -0.2) is 39.5 Å². The number of likely N-dealkylation sites (N-methyl/N-ethyl adjacent to an activating group) is 1. The highest BCUT2D eigenvalue weighted by Gasteiger charge is 2.25. The van der Waals surface area contributed by atoms with Gasteiger partial charge in [-0.3, -0.25) is 19.1 Å². The van der Waals surface area contributed by atoms with E-state index < -0.39 is 18.2 Å². The molecule has 0 radical (unpaired) electrons. The molecule has 0 saturated carbocycles. The highest BCUT2D eigenvalue weighted by molar-refractivity contribution is 6.01. The molecule has 0 fully saturated rings. The number of nitriles is 1. The van der Waals surface area contributed by atoms with Gasteiger partial charge >= 0.3 is 5.97 Å². The van der Waals surface area contributed by atoms with Crippen LogP contribution in [0.15, 0.2) is 73.8 Å². The van der Waals surface area contributed by atoms with Gasteiger partial charge in [0.15, 0.2) is 6.23 Å². The van der Waals surface area contributed by atoms with Crippen LogP contribution < -0.4 is 10.6 Å². The number of rotatable bonds is 9. The second kappa shape index (κ2) is 11.9. The molecule has 204 valence electrons. The quantitative estimate of drug-likeness (QED) is 0.229. The minimum absolute atomic E-state index is 0.0173. The molecule has 3 atom stereocenters. The number of carbonyl (C=O) groups excluding carboxylic acids is 2. The lowest BCUT2D eigenvalue weighted by atomic mass is 10.0. The lowest BCUT2D eigenvalue weighted by Gasteiger charge is -2.21. The summed E-state index contributed by atoms with van der Waals surface area (Å²) in [4.78, 5) is 35.4. The van der Waals surface area contributed by atoms with E-state index in [1.165, 1.54) is 11.0 Å². The Labute approximate surface area is 233 Å². The summed E-state index contributed by atoms with van der Waals surface area (Å²) < 4.78 is 7.56. The van der Waals surface area contributed by atoms with Gasteiger partial charge in [-0.2, -0.15) is 5.26 Å². The fourth-order valence-electron chi connectivity index (χ4n) is 4.38. The summed E-state index contributed by atoms with van der Waals surface area (Å²) in [6, 6.07) is 12.6. The Morgan fingerprint density at radius 3 is 2.62 bits per heavy atom. The number of aromatic nitrogens is 3. The zero-order valence-corrected chi connectivity index (χ0v) is 23.0. The molecular weight excluding hydrogens is 504 g/mol. The summed E-state index contributed by atoms with van der Waals surface area (Å²) in [6.07, 6.45) is 8.21. The minimum atomic E-state index is -0.730. The summed E-state index contributed by atoms with van der Waals surface area (Å²) in [6.45, 7) is 9.21. The molecule has 9 nitrogen and oxygen atoms in total. The molecule has 3 unspecified atom stereocenters. The van der Waals surface area contributed by atoms with Crippen molar-refractivity contribution in [2.24, 2.45) is 11.7 Å². The van der Waals surface area contributed by atoms with Gasteiger partial charge in [0, 0.05) is 47.7 Å². The Hall–Kier alpha value is -4.81. The molecule has 4 aromatic rings. The number of ether oxygens (including phenoxy) is 1. The molecule has 2 N–H and O–H groups in total. The predicted octanol–water partition coefficient (Wildman–Crippen LogP) is 5.22. The Morgan fingerprint density at radius 1 is 1.18 bits per heavy atom. The maximum atomic E-state index is 12.8. The first-order valence-corrected chi connectivity index (χ1v) is 13.0. The number of benzene rings is 1. The predicted molar refractivity (Wildman–Crippen MR) is 155 cm³/mol. The van der Waals surface area contributed by atoms with E-state index in [1.807, 2.05) is 44.3 Å². The van der Waals surface area contributed by atoms with Crippen molar-refractivity contribution in [2.75, 3.05) is 11.9 Å². The van der Waals surface area contributed by atoms with Gasteiger partial charge < -0.3 is 15.4 Å². The molecule has 0 bridgehead atoms. The first-order chi connectivity index (χ1) is 19.2. The standard InChI is InChI=1S/C31H32N6O3/c1-6-19(3)29(33)31(39)40-20(4)37-18-27(22-10-8-9-21(11-22)14-32)26-13-24(16-35-30(26)37)23-12-25(17-34-15-23)36(5)28(38)7-2/h7-13,15-20,29H,2,6,33H2,1,3-5H3. The summed E-state index contributed by atoms with van der Waals surface area (Å²) in [5.74, 6) is -0.744. The van der Waals surface area contributed by atoms with E-state index in [0.717, 1.165) is 34.1 Å². The number of hydrogen-bond donors (Lipinski definition) is 1. The molecule has 40 heavy (non-hydrogen) atoms. The number of nitrogens with two attached hydrogens (primary N) is 1. The lowest BCUT2D eigenvalue weighted by Crippen LogP contribution is -2.38. The van der Waals surface area contributed by atoms with Crippen molar-refractivity contribution in [3.63, 3.8) is 0 Å². The van der Waals surface area contributed by atoms with E-state index in [2.05, 4.69) is 17.6 Å². The number of anilines is 1. The summed E-state index contributed by atoms with van der Waals surface area (Å²) in [5, 5.41) is 10.3. The SMILES string of the molecule is C=CC(=O)N(C)c1cncc(-c2cnc3c(c2)c(-c2cccc(C#N)c2)cn3C(C)OC(=O)C(N)C(C)CC)c1. The normalized spacial score (nSPS) is 13.2. The van der Waals surface area contributed by atoms with Crippen molar-refractivity contribution in [3.8, 4) is 28.3 Å². The fraction of sp³-hybridized carbons (Fsp3) is 0.258. The highest BCUT2D eigenvalue weighted by Crippen LogP contribution is 2.35. The van der Waals surface area contributed by atoms with Crippen LogP contribution >= 0.6 is 0 Å². The van der Waals surface area contributed by atoms with Gasteiger partial charge in [0.1, 0.15) is 11.7 Å². The highest BCUT2D eigenvalue weighted by atomic mass is 16.6. The van der Waals surface area contributed by atoms with Crippen LogP contribution in [0.3, 0.4) is 0 Å². The molecule has 0 saturated heterocycles. The zero-order valence-electron chi connectivity index (χ0n) is 23.0. The second-order valence-corrected chi connectivity index (χ2v) is 9.72. The van der Waals surface area contributed by atoms with Gasteiger partial charge in [0.25, 0.3) is 0 Å². The van der Waals surface area contributed by atoms with Crippen LogP contribution in [0, 0.1) is 17.2 Å². The van der Waals surface area contributed by atoms with Crippen LogP contribution in [0.1, 0.15) is 39.0 Å². The summed E-state index contributed by atoms with van der Waals surface area (Å²) >= 11 is 0. The van der Waals surface area contributed by atoms with Crippen molar-refractivity contribution in [1.29, 1.82) is 5.26 Å². The number of fused-ring (bicyclic) bond motifs is 1. The Morgan fingerprint density at radius 2 is 1.93 bits per heavy atom. The number of nitrogens with zero attached hydrogens (tertiary/aromatic N) is 5. The molecule has 3 aromatic heterocycles. The van der Waals surface area contributed by atoms with Crippen LogP contribution in [0.4, 0.5) is 5.69 Å². The largest absolute Gasteiger partial charge is 0.440 e. The number of esters is 1. The molecule has 3 heterocycles. The maximum Gasteiger partial charge on any atom is 0.325 e. The average Bonchev–Trinajstić information content (AvgIpc) is 3.38. The van der Waals surface area contributed by atoms with E-state index in [-0.39, 0.29) is 11.8 Å². The van der Waals surface area contributed by atoms with E-state index in [4.69, 9.17) is 15.5 Å². The third-order valence-corrected chi connectivity index (χ3v) is 7.13. The molecule has 0 aliphatic rings. The lowest BCUT2D eigenvalue weighted by molar-refractivity contribution is -0.155. The third-order valence-electron chi connectivity index (χ3n) is 7.13. The average molecular weight is 537 g/mol. The van der Waals surface area contributed by atoms with Gasteiger partial charge in [-0.25, -0.2) is 4.98 Å². The molecule has 1 amide bonds. The van der Waals surface area contributed by atoms with Crippen LogP contribution in [0.25, 0.3) is 33.3 Å². The summed E-state index contributed by atoms with van der Waals surface area (Å²) in [7, 11) is 1.66. The van der Waals surface area contributed by atoms with Gasteiger partial charge in [0.2, 0.25) is 5.91 Å². The number of hydrogen-bond acceptors (Lipinski definition) is 7. The molecule has 1 aromatic carbocycles. The first kappa shape index (κ1) is 28.2. The monoisotopic (exact) mass is 536 g/mol. The zero-order chi connectivity index (χ0) is 29.0. The molecule has 0 aliphatic carbocycles. The Bertz CT molecular complexity index is 1620. The van der Waals surface area contributed by atoms with Crippen LogP contribution in [-0.2, 0) is 14.3 Å². The molecular formula is C31H32N6O3. The van der Waals surface area contributed by atoms with Crippen LogP contribution in [0.2, 0.25) is 0 Å². The van der Waals surface area contributed by atoms with Crippen LogP contribution in [0.5, 0.6) is 0 Å². The van der Waals surface area contributed by atoms with Crippen molar-refractivity contribution in [3.05, 3.63) is 79.4 Å². The van der Waals surface area contributed by atoms with Crippen molar-refractivity contribution in [2.45, 2.75) is 39.5 Å². The third kappa shape index (κ3) is 5.63. The van der Waals surface area contributed by atoms with Gasteiger partial charge in [-0.1, -0.05) is 39.0 Å². The van der Waals surface area contributed by atoms with Crippen molar-refractivity contribution in [1.82, 2.24) is 14.5 Å². The van der Waals surface area contributed by atoms with E-state index in [1.54, 1.807) is 49.3 Å². The van der Waals surface area contributed by atoms with Gasteiger partial charge in [-0.05, 0) is 48.7 Å². The first-order valence-electron chi connectivity index (χ1n) is 13.0. The summed E-state index contributed by atoms with van der Waals surface area (Å²) in [5.41, 5.74) is 11.0. The molecule has 9 heteroatoms. The van der Waals surface area contributed by atoms with Crippen molar-refractivity contribution < 1.29 is 14.3 Å². The van der Waals surface area contributed by atoms with E-state index in [9.17, 15) is 14.9 Å². The Balaban J connectivity index is 1.82. The second-order valence-electron chi connectivity index (χ2n) is 9.72. The maximum absolute atomic E-state index is 12.8. The van der Waals surface area contributed by atoms with E-state index >= 15 is 0 Å². The number of pyridine rings is 2. The minimum Gasteiger partial charge on any atom is -0.440 e. The van der Waals surface area contributed by atoms with Gasteiger partial charge in [-0.15, -0.1) is 0 Å². The number of carbonyl (C=O) groups is 2. The smallest absolute Gasteiger partial charge is 0.325 e. The molecule has 0 spiro atoms. The van der Waals surface area contributed by atoms with Crippen molar-refractivity contribution >= 4 is 28.6 Å². The molecule has 4 rings (SSSR count). The van der Waals surface area contributed by atoms with E-state index in [0.29, 0.717) is 16.9 Å². The topological polar surface area (TPSA) is 127 Å². The number of amides is 1. The van der Waals surface area contributed by atoms with Gasteiger partial charge in [0.05, 0.1) is 23.5 Å². The Kier molecular flexibility index (Phi) is 8.41.